The van der Waals surface area contributed by atoms with Gasteiger partial charge in [-0.1, -0.05) is 0 Å². The molecule has 0 spiro atoms. The molecule has 1 atom stereocenters. The predicted molar refractivity (Wildman–Crippen MR) is 82.4 cm³/mol. The predicted octanol–water partition coefficient (Wildman–Crippen LogP) is 1.55. The first-order valence-electron chi connectivity index (χ1n) is 7.06. The van der Waals surface area contributed by atoms with Gasteiger partial charge in [0.15, 0.2) is 0 Å². The van der Waals surface area contributed by atoms with Crippen molar-refractivity contribution in [3.8, 4) is 0 Å². The van der Waals surface area contributed by atoms with Crippen molar-refractivity contribution in [1.82, 2.24) is 20.1 Å². The maximum atomic E-state index is 5.81. The van der Waals surface area contributed by atoms with Gasteiger partial charge in [-0.15, -0.1) is 16.4 Å². The Morgan fingerprint density at radius 1 is 1.52 bits per heavy atom. The van der Waals surface area contributed by atoms with E-state index in [-0.39, 0.29) is 6.10 Å². The second kappa shape index (κ2) is 6.93. The molecule has 0 aromatic carbocycles. The van der Waals surface area contributed by atoms with E-state index in [0.717, 1.165) is 43.6 Å². The van der Waals surface area contributed by atoms with Crippen molar-refractivity contribution in [3.63, 3.8) is 0 Å². The molecule has 0 amide bonds. The Labute approximate surface area is 128 Å². The molecule has 1 N–H and O–H groups in total. The van der Waals surface area contributed by atoms with Gasteiger partial charge in [-0.2, -0.15) is 5.10 Å². The monoisotopic (exact) mass is 305 g/mol. The molecular weight excluding hydrogens is 286 g/mol. The lowest BCUT2D eigenvalue weighted by molar-refractivity contribution is -0.0237. The van der Waals surface area contributed by atoms with Crippen LogP contribution in [-0.4, -0.2) is 52.4 Å². The van der Waals surface area contributed by atoms with E-state index in [9.17, 15) is 0 Å². The van der Waals surface area contributed by atoms with E-state index in [1.807, 2.05) is 25.3 Å². The number of nitrogens with one attached hydrogen (secondary N) is 1. The molecule has 1 aliphatic heterocycles. The van der Waals surface area contributed by atoms with E-state index in [0.29, 0.717) is 0 Å². The summed E-state index contributed by atoms with van der Waals surface area (Å²) in [4.78, 5) is 8.04. The largest absolute Gasteiger partial charge is 0.374 e. The highest BCUT2D eigenvalue weighted by molar-refractivity contribution is 7.11. The van der Waals surface area contributed by atoms with Crippen LogP contribution < -0.4 is 5.32 Å². The molecule has 0 unspecified atom stereocenters. The standard InChI is InChI=1S/C14H19N5OS/c1-11-15-8-13(21-11)10-19-5-6-20-12(9-19)7-16-14-3-2-4-17-18-14/h2-4,8,12H,5-7,9-10H2,1H3,(H,16,18)/t12-/m1/s1. The summed E-state index contributed by atoms with van der Waals surface area (Å²) in [6.45, 7) is 6.40. The minimum Gasteiger partial charge on any atom is -0.374 e. The molecule has 1 saturated heterocycles. The Hall–Kier alpha value is -1.57. The van der Waals surface area contributed by atoms with Crippen molar-refractivity contribution in [3.05, 3.63) is 34.4 Å². The van der Waals surface area contributed by atoms with Gasteiger partial charge in [0.2, 0.25) is 0 Å². The highest BCUT2D eigenvalue weighted by atomic mass is 32.1. The van der Waals surface area contributed by atoms with Crippen LogP contribution in [0, 0.1) is 6.92 Å². The quantitative estimate of drug-likeness (QED) is 0.904. The van der Waals surface area contributed by atoms with Gasteiger partial charge in [0.05, 0.1) is 17.7 Å². The molecule has 1 fully saturated rings. The Morgan fingerprint density at radius 2 is 2.48 bits per heavy atom. The van der Waals surface area contributed by atoms with Crippen LogP contribution in [0.5, 0.6) is 0 Å². The van der Waals surface area contributed by atoms with Gasteiger partial charge in [0.1, 0.15) is 5.82 Å². The maximum Gasteiger partial charge on any atom is 0.148 e. The van der Waals surface area contributed by atoms with Crippen molar-refractivity contribution in [2.75, 3.05) is 31.6 Å². The van der Waals surface area contributed by atoms with E-state index < -0.39 is 0 Å². The minimum atomic E-state index is 0.176. The summed E-state index contributed by atoms with van der Waals surface area (Å²) in [5, 5.41) is 12.3. The molecule has 7 heteroatoms. The first-order valence-corrected chi connectivity index (χ1v) is 7.88. The summed E-state index contributed by atoms with van der Waals surface area (Å²) >= 11 is 1.77. The summed E-state index contributed by atoms with van der Waals surface area (Å²) in [5.41, 5.74) is 0. The van der Waals surface area contributed by atoms with Gasteiger partial charge in [0, 0.05) is 43.4 Å². The van der Waals surface area contributed by atoms with Crippen molar-refractivity contribution in [2.45, 2.75) is 19.6 Å². The number of anilines is 1. The molecule has 3 rings (SSSR count). The van der Waals surface area contributed by atoms with Gasteiger partial charge < -0.3 is 10.1 Å². The number of ether oxygens (including phenoxy) is 1. The summed E-state index contributed by atoms with van der Waals surface area (Å²) in [7, 11) is 0. The van der Waals surface area contributed by atoms with E-state index >= 15 is 0 Å². The Bertz CT molecular complexity index is 562. The SMILES string of the molecule is Cc1ncc(CN2CCO[C@H](CNc3cccnn3)C2)s1. The number of nitrogens with zero attached hydrogens (tertiary/aromatic N) is 4. The van der Waals surface area contributed by atoms with Crippen LogP contribution in [0.3, 0.4) is 0 Å². The zero-order chi connectivity index (χ0) is 14.5. The van der Waals surface area contributed by atoms with Gasteiger partial charge >= 0.3 is 0 Å². The topological polar surface area (TPSA) is 63.2 Å². The fraction of sp³-hybridized carbons (Fsp3) is 0.500. The van der Waals surface area contributed by atoms with Crippen LogP contribution in [0.25, 0.3) is 0 Å². The van der Waals surface area contributed by atoms with Gasteiger partial charge in [-0.05, 0) is 19.1 Å². The summed E-state index contributed by atoms with van der Waals surface area (Å²) in [5.74, 6) is 0.788. The number of aryl methyl sites for hydroxylation is 1. The number of hydrogen-bond acceptors (Lipinski definition) is 7. The molecule has 0 bridgehead atoms. The minimum absolute atomic E-state index is 0.176. The Balaban J connectivity index is 1.49. The number of rotatable bonds is 5. The molecule has 112 valence electrons. The Kier molecular flexibility index (Phi) is 4.74. The Morgan fingerprint density at radius 3 is 3.24 bits per heavy atom. The van der Waals surface area contributed by atoms with E-state index in [4.69, 9.17) is 4.74 Å². The summed E-state index contributed by atoms with van der Waals surface area (Å²) in [6.07, 6.45) is 3.82. The lowest BCUT2D eigenvalue weighted by Crippen LogP contribution is -2.44. The zero-order valence-corrected chi connectivity index (χ0v) is 12.8. The molecule has 1 aliphatic rings. The molecule has 3 heterocycles. The molecule has 6 nitrogen and oxygen atoms in total. The lowest BCUT2D eigenvalue weighted by Gasteiger charge is -2.32. The van der Waals surface area contributed by atoms with Crippen LogP contribution >= 0.6 is 11.3 Å². The smallest absolute Gasteiger partial charge is 0.148 e. The van der Waals surface area contributed by atoms with Crippen LogP contribution in [0.15, 0.2) is 24.5 Å². The van der Waals surface area contributed by atoms with Crippen molar-refractivity contribution in [2.24, 2.45) is 0 Å². The number of aromatic nitrogens is 3. The van der Waals surface area contributed by atoms with Crippen molar-refractivity contribution in [1.29, 1.82) is 0 Å². The van der Waals surface area contributed by atoms with Crippen LogP contribution in [0.1, 0.15) is 9.88 Å². The third-order valence-electron chi connectivity index (χ3n) is 3.35. The van der Waals surface area contributed by atoms with E-state index in [1.165, 1.54) is 4.88 Å². The molecule has 2 aromatic heterocycles. The van der Waals surface area contributed by atoms with Gasteiger partial charge in [-0.25, -0.2) is 4.98 Å². The van der Waals surface area contributed by atoms with Gasteiger partial charge in [-0.3, -0.25) is 4.90 Å². The van der Waals surface area contributed by atoms with Crippen molar-refractivity contribution < 1.29 is 4.74 Å². The van der Waals surface area contributed by atoms with E-state index in [2.05, 4.69) is 25.4 Å². The van der Waals surface area contributed by atoms with Crippen LogP contribution in [0.4, 0.5) is 5.82 Å². The molecular formula is C14H19N5OS. The number of thiazole rings is 1. The van der Waals surface area contributed by atoms with Crippen LogP contribution in [0.2, 0.25) is 0 Å². The van der Waals surface area contributed by atoms with E-state index in [1.54, 1.807) is 17.5 Å². The fourth-order valence-electron chi connectivity index (χ4n) is 2.36. The molecule has 0 saturated carbocycles. The third kappa shape index (κ3) is 4.20. The first kappa shape index (κ1) is 14.4. The van der Waals surface area contributed by atoms with Gasteiger partial charge in [0.25, 0.3) is 0 Å². The number of morpholine rings is 1. The van der Waals surface area contributed by atoms with Crippen molar-refractivity contribution >= 4 is 17.2 Å². The molecule has 2 aromatic rings. The second-order valence-corrected chi connectivity index (χ2v) is 6.38. The average Bonchev–Trinajstić information content (AvgIpc) is 2.92. The normalized spacial score (nSPS) is 19.6. The highest BCUT2D eigenvalue weighted by Gasteiger charge is 2.21. The lowest BCUT2D eigenvalue weighted by atomic mass is 10.2. The third-order valence-corrected chi connectivity index (χ3v) is 4.25. The average molecular weight is 305 g/mol. The maximum absolute atomic E-state index is 5.81. The number of hydrogen-bond donors (Lipinski definition) is 1. The molecule has 0 radical (unpaired) electrons. The first-order chi connectivity index (χ1) is 10.3. The molecule has 0 aliphatic carbocycles. The zero-order valence-electron chi connectivity index (χ0n) is 12.0. The molecule has 21 heavy (non-hydrogen) atoms. The van der Waals surface area contributed by atoms with Crippen LogP contribution in [-0.2, 0) is 11.3 Å². The summed E-state index contributed by atoms with van der Waals surface area (Å²) < 4.78 is 5.81. The summed E-state index contributed by atoms with van der Waals surface area (Å²) in [6, 6.07) is 3.78. The second-order valence-electron chi connectivity index (χ2n) is 5.06. The fourth-order valence-corrected chi connectivity index (χ4v) is 3.20. The highest BCUT2D eigenvalue weighted by Crippen LogP contribution is 2.16.